The van der Waals surface area contributed by atoms with Gasteiger partial charge in [0.05, 0.1) is 18.3 Å². The molecule has 1 N–H and O–H groups in total. The van der Waals surface area contributed by atoms with Gasteiger partial charge in [0.15, 0.2) is 0 Å². The average molecular weight is 407 g/mol. The highest BCUT2D eigenvalue weighted by molar-refractivity contribution is 7.92. The predicted molar refractivity (Wildman–Crippen MR) is 105 cm³/mol. The monoisotopic (exact) mass is 407 g/mol. The Labute approximate surface area is 163 Å². The zero-order valence-electron chi connectivity index (χ0n) is 15.5. The Hall–Kier alpha value is -3.14. The molecule has 1 amide bonds. The van der Waals surface area contributed by atoms with Crippen molar-refractivity contribution in [3.63, 3.8) is 0 Å². The van der Waals surface area contributed by atoms with Crippen LogP contribution in [0.4, 0.5) is 11.4 Å². The summed E-state index contributed by atoms with van der Waals surface area (Å²) in [5, 5.41) is 13.7. The second-order valence-corrected chi connectivity index (χ2v) is 7.88. The Kier molecular flexibility index (Phi) is 6.94. The van der Waals surface area contributed by atoms with Gasteiger partial charge in [-0.3, -0.25) is 19.2 Å². The van der Waals surface area contributed by atoms with Crippen LogP contribution in [0.5, 0.6) is 5.75 Å². The molecule has 0 spiro atoms. The van der Waals surface area contributed by atoms with E-state index in [-0.39, 0.29) is 17.1 Å². The van der Waals surface area contributed by atoms with E-state index in [0.29, 0.717) is 13.0 Å². The number of sulfonamides is 1. The van der Waals surface area contributed by atoms with Crippen molar-refractivity contribution < 1.29 is 22.9 Å². The summed E-state index contributed by atoms with van der Waals surface area (Å²) in [7, 11) is -2.58. The molecule has 10 heteroatoms. The number of benzene rings is 2. The van der Waals surface area contributed by atoms with E-state index < -0.39 is 27.4 Å². The molecule has 0 aliphatic carbocycles. The number of nitrogens with one attached hydrogen (secondary N) is 1. The molecular weight excluding hydrogens is 386 g/mol. The number of nitro groups is 1. The number of hydrogen-bond donors (Lipinski definition) is 1. The standard InChI is InChI=1S/C18H21N3O6S/c1-27-17-9-8-15(21(23)24)12-16(17)20(28(2,25)26)13-18(22)19-11-10-14-6-4-3-5-7-14/h3-9,12H,10-11,13H2,1-2H3,(H,19,22). The molecule has 0 saturated carbocycles. The first kappa shape index (κ1) is 21.2. The van der Waals surface area contributed by atoms with Crippen molar-refractivity contribution >= 4 is 27.3 Å². The van der Waals surface area contributed by atoms with Crippen molar-refractivity contribution in [1.29, 1.82) is 0 Å². The fourth-order valence-corrected chi connectivity index (χ4v) is 3.40. The summed E-state index contributed by atoms with van der Waals surface area (Å²) in [6.45, 7) is -0.197. The highest BCUT2D eigenvalue weighted by atomic mass is 32.2. The zero-order chi connectivity index (χ0) is 20.7. The maximum atomic E-state index is 12.3. The normalized spacial score (nSPS) is 10.9. The highest BCUT2D eigenvalue weighted by Gasteiger charge is 2.26. The predicted octanol–water partition coefficient (Wildman–Crippen LogP) is 1.73. The largest absolute Gasteiger partial charge is 0.495 e. The minimum Gasteiger partial charge on any atom is -0.495 e. The molecule has 28 heavy (non-hydrogen) atoms. The van der Waals surface area contributed by atoms with Gasteiger partial charge >= 0.3 is 0 Å². The Morgan fingerprint density at radius 1 is 1.21 bits per heavy atom. The molecule has 0 aliphatic rings. The Morgan fingerprint density at radius 2 is 1.89 bits per heavy atom. The zero-order valence-corrected chi connectivity index (χ0v) is 16.3. The second-order valence-electron chi connectivity index (χ2n) is 5.97. The highest BCUT2D eigenvalue weighted by Crippen LogP contribution is 2.33. The number of non-ortho nitro benzene ring substituents is 1. The first-order valence-electron chi connectivity index (χ1n) is 8.33. The molecule has 0 aromatic heterocycles. The first-order chi connectivity index (χ1) is 13.2. The lowest BCUT2D eigenvalue weighted by Gasteiger charge is -2.23. The van der Waals surface area contributed by atoms with E-state index in [1.165, 1.54) is 19.2 Å². The maximum absolute atomic E-state index is 12.3. The van der Waals surface area contributed by atoms with Crippen LogP contribution in [0.15, 0.2) is 48.5 Å². The molecule has 0 unspecified atom stereocenters. The lowest BCUT2D eigenvalue weighted by atomic mass is 10.1. The summed E-state index contributed by atoms with van der Waals surface area (Å²) < 4.78 is 30.4. The Balaban J connectivity index is 2.17. The molecular formula is C18H21N3O6S. The van der Waals surface area contributed by atoms with Crippen molar-refractivity contribution in [3.05, 3.63) is 64.2 Å². The van der Waals surface area contributed by atoms with Crippen LogP contribution in [-0.2, 0) is 21.2 Å². The number of amides is 1. The van der Waals surface area contributed by atoms with E-state index in [1.54, 1.807) is 0 Å². The van der Waals surface area contributed by atoms with Crippen LogP contribution in [-0.4, -0.2) is 45.7 Å². The number of rotatable bonds is 9. The Bertz CT molecular complexity index is 947. The summed E-state index contributed by atoms with van der Waals surface area (Å²) in [5.41, 5.74) is 0.648. The molecule has 0 radical (unpaired) electrons. The number of carbonyl (C=O) groups is 1. The topological polar surface area (TPSA) is 119 Å². The van der Waals surface area contributed by atoms with Gasteiger partial charge in [0.2, 0.25) is 15.9 Å². The van der Waals surface area contributed by atoms with Gasteiger partial charge in [-0.1, -0.05) is 30.3 Å². The molecule has 0 bridgehead atoms. The van der Waals surface area contributed by atoms with Crippen LogP contribution < -0.4 is 14.4 Å². The third kappa shape index (κ3) is 5.68. The second kappa shape index (κ2) is 9.18. The van der Waals surface area contributed by atoms with Gasteiger partial charge in [0.25, 0.3) is 5.69 Å². The number of hydrogen-bond acceptors (Lipinski definition) is 6. The van der Waals surface area contributed by atoms with Gasteiger partial charge in [-0.2, -0.15) is 0 Å². The van der Waals surface area contributed by atoms with Crippen molar-refractivity contribution in [2.24, 2.45) is 0 Å². The minimum atomic E-state index is -3.90. The number of methoxy groups -OCH3 is 1. The summed E-state index contributed by atoms with van der Waals surface area (Å²) >= 11 is 0. The van der Waals surface area contributed by atoms with E-state index in [9.17, 15) is 23.3 Å². The van der Waals surface area contributed by atoms with Gasteiger partial charge in [-0.05, 0) is 18.1 Å². The van der Waals surface area contributed by atoms with Crippen molar-refractivity contribution in [2.75, 3.05) is 30.8 Å². The van der Waals surface area contributed by atoms with E-state index in [2.05, 4.69) is 5.32 Å². The Morgan fingerprint density at radius 3 is 2.46 bits per heavy atom. The molecule has 0 saturated heterocycles. The van der Waals surface area contributed by atoms with Crippen LogP contribution in [0.25, 0.3) is 0 Å². The lowest BCUT2D eigenvalue weighted by Crippen LogP contribution is -2.41. The molecule has 0 fully saturated rings. The van der Waals surface area contributed by atoms with Gasteiger partial charge in [-0.25, -0.2) is 8.42 Å². The first-order valence-corrected chi connectivity index (χ1v) is 10.2. The molecule has 9 nitrogen and oxygen atoms in total. The van der Waals surface area contributed by atoms with Gasteiger partial charge in [-0.15, -0.1) is 0 Å². The summed E-state index contributed by atoms with van der Waals surface area (Å²) in [6, 6.07) is 13.1. The fourth-order valence-electron chi connectivity index (χ4n) is 2.55. The van der Waals surface area contributed by atoms with Crippen LogP contribution in [0.3, 0.4) is 0 Å². The third-order valence-electron chi connectivity index (χ3n) is 3.91. The van der Waals surface area contributed by atoms with Crippen LogP contribution in [0.2, 0.25) is 0 Å². The lowest BCUT2D eigenvalue weighted by molar-refractivity contribution is -0.384. The quantitative estimate of drug-likeness (QED) is 0.499. The van der Waals surface area contributed by atoms with Crippen molar-refractivity contribution in [3.8, 4) is 5.75 Å². The number of anilines is 1. The number of nitro benzene ring substituents is 1. The maximum Gasteiger partial charge on any atom is 0.271 e. The third-order valence-corrected chi connectivity index (χ3v) is 5.03. The molecule has 2 rings (SSSR count). The molecule has 0 aliphatic heterocycles. The van der Waals surface area contributed by atoms with Crippen molar-refractivity contribution in [1.82, 2.24) is 5.32 Å². The summed E-state index contributed by atoms with van der Waals surface area (Å²) in [5.74, 6) is -0.428. The van der Waals surface area contributed by atoms with E-state index in [1.807, 2.05) is 30.3 Å². The number of carbonyl (C=O) groups excluding carboxylic acids is 1. The summed E-state index contributed by atoms with van der Waals surface area (Å²) in [6.07, 6.45) is 1.51. The van der Waals surface area contributed by atoms with Crippen LogP contribution >= 0.6 is 0 Å². The van der Waals surface area contributed by atoms with Crippen LogP contribution in [0, 0.1) is 10.1 Å². The SMILES string of the molecule is COc1ccc([N+](=O)[O-])cc1N(CC(=O)NCCc1ccccc1)S(C)(=O)=O. The van der Waals surface area contributed by atoms with Crippen molar-refractivity contribution in [2.45, 2.75) is 6.42 Å². The smallest absolute Gasteiger partial charge is 0.271 e. The van der Waals surface area contributed by atoms with Gasteiger partial charge < -0.3 is 10.1 Å². The van der Waals surface area contributed by atoms with Crippen LogP contribution in [0.1, 0.15) is 5.56 Å². The fraction of sp³-hybridized carbons (Fsp3) is 0.278. The molecule has 0 atom stereocenters. The van der Waals surface area contributed by atoms with Gasteiger partial charge in [0, 0.05) is 18.7 Å². The number of nitrogens with zero attached hydrogens (tertiary/aromatic N) is 2. The molecule has 0 heterocycles. The van der Waals surface area contributed by atoms with E-state index >= 15 is 0 Å². The van der Waals surface area contributed by atoms with E-state index in [4.69, 9.17) is 4.74 Å². The summed E-state index contributed by atoms with van der Waals surface area (Å²) in [4.78, 5) is 22.7. The van der Waals surface area contributed by atoms with E-state index in [0.717, 1.165) is 22.2 Å². The average Bonchev–Trinajstić information content (AvgIpc) is 2.65. The van der Waals surface area contributed by atoms with Gasteiger partial charge in [0.1, 0.15) is 18.0 Å². The minimum absolute atomic E-state index is 0.0718. The molecule has 2 aromatic rings. The molecule has 150 valence electrons. The number of ether oxygens (including phenoxy) is 1. The molecule has 2 aromatic carbocycles.